The lowest BCUT2D eigenvalue weighted by Crippen LogP contribution is -2.02. The van der Waals surface area contributed by atoms with Crippen LogP contribution >= 0.6 is 12.6 Å². The van der Waals surface area contributed by atoms with E-state index in [4.69, 9.17) is 4.74 Å². The predicted molar refractivity (Wildman–Crippen MR) is 73.8 cm³/mol. The second-order valence-electron chi connectivity index (χ2n) is 4.37. The van der Waals surface area contributed by atoms with Crippen LogP contribution in [0.2, 0.25) is 0 Å². The standard InChI is InChI=1S/C14H20OS/c1-10(2)14-6-5-13(7-12(14)4)15-8-11(3)9-16/h5-7,10,16H,3,8-9H2,1-2,4H3. The Balaban J connectivity index is 2.70. The molecule has 0 saturated heterocycles. The van der Waals surface area contributed by atoms with Gasteiger partial charge in [0, 0.05) is 5.75 Å². The summed E-state index contributed by atoms with van der Waals surface area (Å²) in [5.74, 6) is 2.13. The molecule has 0 heterocycles. The Kier molecular flexibility index (Phi) is 4.94. The van der Waals surface area contributed by atoms with Gasteiger partial charge in [0.05, 0.1) is 0 Å². The van der Waals surface area contributed by atoms with Crippen molar-refractivity contribution >= 4 is 12.6 Å². The lowest BCUT2D eigenvalue weighted by Gasteiger charge is -2.12. The maximum atomic E-state index is 5.63. The average Bonchev–Trinajstić information content (AvgIpc) is 2.25. The SMILES string of the molecule is C=C(CS)COc1ccc(C(C)C)c(C)c1. The molecule has 1 rings (SSSR count). The maximum Gasteiger partial charge on any atom is 0.120 e. The first-order chi connectivity index (χ1) is 7.54. The molecule has 0 spiro atoms. The number of ether oxygens (including phenoxy) is 1. The highest BCUT2D eigenvalue weighted by molar-refractivity contribution is 7.80. The molecule has 0 radical (unpaired) electrons. The summed E-state index contributed by atoms with van der Waals surface area (Å²) in [4.78, 5) is 0. The number of thiol groups is 1. The van der Waals surface area contributed by atoms with Gasteiger partial charge >= 0.3 is 0 Å². The molecule has 1 aromatic rings. The third-order valence-corrected chi connectivity index (χ3v) is 2.98. The molecule has 0 atom stereocenters. The van der Waals surface area contributed by atoms with Crippen molar-refractivity contribution in [2.45, 2.75) is 26.7 Å². The van der Waals surface area contributed by atoms with Gasteiger partial charge in [0.1, 0.15) is 12.4 Å². The fourth-order valence-corrected chi connectivity index (χ4v) is 1.71. The lowest BCUT2D eigenvalue weighted by atomic mass is 9.98. The quantitative estimate of drug-likeness (QED) is 0.601. The minimum atomic E-state index is 0.546. The van der Waals surface area contributed by atoms with E-state index in [2.05, 4.69) is 52.1 Å². The summed E-state index contributed by atoms with van der Waals surface area (Å²) in [5.41, 5.74) is 3.65. The van der Waals surface area contributed by atoms with E-state index in [1.807, 2.05) is 6.07 Å². The Morgan fingerprint density at radius 2 is 2.12 bits per heavy atom. The van der Waals surface area contributed by atoms with Gasteiger partial charge in [-0.15, -0.1) is 0 Å². The molecule has 0 bridgehead atoms. The molecule has 0 aliphatic heterocycles. The fourth-order valence-electron chi connectivity index (χ4n) is 1.62. The molecular weight excluding hydrogens is 216 g/mol. The molecule has 0 unspecified atom stereocenters. The van der Waals surface area contributed by atoms with Crippen molar-refractivity contribution in [3.05, 3.63) is 41.5 Å². The van der Waals surface area contributed by atoms with E-state index >= 15 is 0 Å². The van der Waals surface area contributed by atoms with Gasteiger partial charge in [0.2, 0.25) is 0 Å². The van der Waals surface area contributed by atoms with Crippen LogP contribution in [0.15, 0.2) is 30.4 Å². The molecule has 1 nitrogen and oxygen atoms in total. The van der Waals surface area contributed by atoms with Gasteiger partial charge in [-0.2, -0.15) is 12.6 Å². The molecular formula is C14H20OS. The molecule has 0 amide bonds. The topological polar surface area (TPSA) is 9.23 Å². The molecule has 16 heavy (non-hydrogen) atoms. The van der Waals surface area contributed by atoms with Gasteiger partial charge in [-0.3, -0.25) is 0 Å². The second-order valence-corrected chi connectivity index (χ2v) is 4.69. The Labute approximate surface area is 104 Å². The zero-order valence-electron chi connectivity index (χ0n) is 10.3. The highest BCUT2D eigenvalue weighted by Crippen LogP contribution is 2.23. The predicted octanol–water partition coefficient (Wildman–Crippen LogP) is 3.98. The smallest absolute Gasteiger partial charge is 0.120 e. The van der Waals surface area contributed by atoms with E-state index in [0.29, 0.717) is 18.3 Å². The maximum absolute atomic E-state index is 5.63. The third-order valence-electron chi connectivity index (χ3n) is 2.53. The molecule has 88 valence electrons. The van der Waals surface area contributed by atoms with E-state index in [1.54, 1.807) is 0 Å². The van der Waals surface area contributed by atoms with Gasteiger partial charge < -0.3 is 4.74 Å². The highest BCUT2D eigenvalue weighted by Gasteiger charge is 2.04. The van der Waals surface area contributed by atoms with Crippen molar-refractivity contribution in [1.29, 1.82) is 0 Å². The first-order valence-electron chi connectivity index (χ1n) is 5.55. The zero-order chi connectivity index (χ0) is 12.1. The van der Waals surface area contributed by atoms with Crippen LogP contribution in [0.25, 0.3) is 0 Å². The molecule has 0 aromatic heterocycles. The van der Waals surface area contributed by atoms with Crippen LogP contribution in [0.1, 0.15) is 30.9 Å². The van der Waals surface area contributed by atoms with Crippen LogP contribution in [0.4, 0.5) is 0 Å². The summed E-state index contributed by atoms with van der Waals surface area (Å²) in [6.07, 6.45) is 0. The summed E-state index contributed by atoms with van der Waals surface area (Å²) in [6, 6.07) is 6.24. The van der Waals surface area contributed by atoms with Gasteiger partial charge in [-0.25, -0.2) is 0 Å². The summed E-state index contributed by atoms with van der Waals surface area (Å²) in [7, 11) is 0. The summed E-state index contributed by atoms with van der Waals surface area (Å²) >= 11 is 4.15. The lowest BCUT2D eigenvalue weighted by molar-refractivity contribution is 0.353. The minimum Gasteiger partial charge on any atom is -0.489 e. The number of aryl methyl sites for hydroxylation is 1. The monoisotopic (exact) mass is 236 g/mol. The van der Waals surface area contributed by atoms with E-state index in [1.165, 1.54) is 11.1 Å². The highest BCUT2D eigenvalue weighted by atomic mass is 32.1. The number of hydrogen-bond acceptors (Lipinski definition) is 2. The molecule has 0 aliphatic rings. The third kappa shape index (κ3) is 3.60. The van der Waals surface area contributed by atoms with Gasteiger partial charge in [0.25, 0.3) is 0 Å². The molecule has 0 aliphatic carbocycles. The molecule has 2 heteroatoms. The first kappa shape index (κ1) is 13.2. The fraction of sp³-hybridized carbons (Fsp3) is 0.429. The van der Waals surface area contributed by atoms with Crippen molar-refractivity contribution in [3.8, 4) is 5.75 Å². The first-order valence-corrected chi connectivity index (χ1v) is 6.18. The number of hydrogen-bond donors (Lipinski definition) is 1. The van der Waals surface area contributed by atoms with Gasteiger partial charge in [0.15, 0.2) is 0 Å². The normalized spacial score (nSPS) is 10.6. The van der Waals surface area contributed by atoms with Crippen molar-refractivity contribution in [2.24, 2.45) is 0 Å². The molecule has 0 saturated carbocycles. The summed E-state index contributed by atoms with van der Waals surface area (Å²) in [6.45, 7) is 10.9. The van der Waals surface area contributed by atoms with Crippen LogP contribution in [0.5, 0.6) is 5.75 Å². The second kappa shape index (κ2) is 6.00. The molecule has 0 fully saturated rings. The Morgan fingerprint density at radius 3 is 2.62 bits per heavy atom. The van der Waals surface area contributed by atoms with Crippen molar-refractivity contribution in [2.75, 3.05) is 12.4 Å². The van der Waals surface area contributed by atoms with Crippen molar-refractivity contribution < 1.29 is 4.74 Å². The number of rotatable bonds is 5. The zero-order valence-corrected chi connectivity index (χ0v) is 11.2. The van der Waals surface area contributed by atoms with Crippen molar-refractivity contribution in [1.82, 2.24) is 0 Å². The molecule has 0 N–H and O–H groups in total. The van der Waals surface area contributed by atoms with Crippen LogP contribution < -0.4 is 4.74 Å². The van der Waals surface area contributed by atoms with E-state index in [0.717, 1.165) is 11.3 Å². The average molecular weight is 236 g/mol. The van der Waals surface area contributed by atoms with E-state index in [9.17, 15) is 0 Å². The number of benzene rings is 1. The summed E-state index contributed by atoms with van der Waals surface area (Å²) in [5, 5.41) is 0. The largest absolute Gasteiger partial charge is 0.489 e. The van der Waals surface area contributed by atoms with Gasteiger partial charge in [-0.1, -0.05) is 26.5 Å². The van der Waals surface area contributed by atoms with Crippen LogP contribution in [-0.2, 0) is 0 Å². The van der Waals surface area contributed by atoms with Crippen LogP contribution in [0.3, 0.4) is 0 Å². The summed E-state index contributed by atoms with van der Waals surface area (Å²) < 4.78 is 5.63. The Morgan fingerprint density at radius 1 is 1.44 bits per heavy atom. The van der Waals surface area contributed by atoms with Gasteiger partial charge in [-0.05, 0) is 41.7 Å². The van der Waals surface area contributed by atoms with E-state index in [-0.39, 0.29) is 0 Å². The minimum absolute atomic E-state index is 0.546. The van der Waals surface area contributed by atoms with E-state index < -0.39 is 0 Å². The van der Waals surface area contributed by atoms with Crippen LogP contribution in [0, 0.1) is 6.92 Å². The van der Waals surface area contributed by atoms with Crippen molar-refractivity contribution in [3.63, 3.8) is 0 Å². The Hall–Kier alpha value is -0.890. The molecule has 1 aromatic carbocycles. The van der Waals surface area contributed by atoms with Crippen LogP contribution in [-0.4, -0.2) is 12.4 Å². The Bertz CT molecular complexity index is 369.